The second-order valence-electron chi connectivity index (χ2n) is 4.16. The predicted molar refractivity (Wildman–Crippen MR) is 59.4 cm³/mol. The molecule has 2 rings (SSSR count). The van der Waals surface area contributed by atoms with Crippen molar-refractivity contribution < 1.29 is 4.74 Å². The normalized spacial score (nSPS) is 26.5. The van der Waals surface area contributed by atoms with Crippen molar-refractivity contribution >= 4 is 0 Å². The Bertz CT molecular complexity index is 310. The third-order valence-electron chi connectivity index (χ3n) is 3.01. The third kappa shape index (κ3) is 2.36. The standard InChI is InChI=1S/C12H18N2O/c1-9-4-5-11(8-14-9)12-10(7-13)3-2-6-15-12/h4-5,8,10,12H,2-3,6-7,13H2,1H3. The van der Waals surface area contributed by atoms with Crippen LogP contribution in [-0.2, 0) is 4.74 Å². The molecule has 0 aromatic carbocycles. The summed E-state index contributed by atoms with van der Waals surface area (Å²) >= 11 is 0. The molecule has 0 radical (unpaired) electrons. The van der Waals surface area contributed by atoms with Gasteiger partial charge < -0.3 is 10.5 Å². The van der Waals surface area contributed by atoms with E-state index in [1.54, 1.807) is 0 Å². The fraction of sp³-hybridized carbons (Fsp3) is 0.583. The van der Waals surface area contributed by atoms with Crippen LogP contribution in [0.2, 0.25) is 0 Å². The average Bonchev–Trinajstić information content (AvgIpc) is 2.30. The molecule has 2 heterocycles. The van der Waals surface area contributed by atoms with Gasteiger partial charge in [0.05, 0.1) is 6.10 Å². The highest BCUT2D eigenvalue weighted by molar-refractivity contribution is 5.17. The molecule has 1 aliphatic rings. The highest BCUT2D eigenvalue weighted by Gasteiger charge is 2.26. The maximum atomic E-state index is 5.79. The van der Waals surface area contributed by atoms with Gasteiger partial charge in [0.15, 0.2) is 0 Å². The molecule has 3 heteroatoms. The third-order valence-corrected chi connectivity index (χ3v) is 3.01. The molecular weight excluding hydrogens is 188 g/mol. The quantitative estimate of drug-likeness (QED) is 0.803. The summed E-state index contributed by atoms with van der Waals surface area (Å²) in [6, 6.07) is 4.13. The number of aromatic nitrogens is 1. The Labute approximate surface area is 90.7 Å². The SMILES string of the molecule is Cc1ccc(C2OCCCC2CN)cn1. The molecule has 2 N–H and O–H groups in total. The fourth-order valence-corrected chi connectivity index (χ4v) is 2.10. The fourth-order valence-electron chi connectivity index (χ4n) is 2.10. The van der Waals surface area contributed by atoms with Crippen molar-refractivity contribution in [3.63, 3.8) is 0 Å². The Morgan fingerprint density at radius 1 is 1.53 bits per heavy atom. The monoisotopic (exact) mass is 206 g/mol. The van der Waals surface area contributed by atoms with Crippen molar-refractivity contribution in [3.05, 3.63) is 29.6 Å². The summed E-state index contributed by atoms with van der Waals surface area (Å²) in [4.78, 5) is 4.30. The molecule has 0 saturated carbocycles. The number of aryl methyl sites for hydroxylation is 1. The van der Waals surface area contributed by atoms with Gasteiger partial charge in [0.25, 0.3) is 0 Å². The summed E-state index contributed by atoms with van der Waals surface area (Å²) in [7, 11) is 0. The molecule has 0 spiro atoms. The van der Waals surface area contributed by atoms with E-state index in [1.165, 1.54) is 0 Å². The largest absolute Gasteiger partial charge is 0.373 e. The topological polar surface area (TPSA) is 48.1 Å². The van der Waals surface area contributed by atoms with Gasteiger partial charge in [-0.2, -0.15) is 0 Å². The molecule has 1 aromatic rings. The van der Waals surface area contributed by atoms with Crippen LogP contribution >= 0.6 is 0 Å². The van der Waals surface area contributed by atoms with Crippen LogP contribution in [0.3, 0.4) is 0 Å². The first-order valence-corrected chi connectivity index (χ1v) is 5.55. The second kappa shape index (κ2) is 4.73. The smallest absolute Gasteiger partial charge is 0.0879 e. The van der Waals surface area contributed by atoms with Crippen molar-refractivity contribution in [2.75, 3.05) is 13.2 Å². The van der Waals surface area contributed by atoms with Gasteiger partial charge >= 0.3 is 0 Å². The first kappa shape index (κ1) is 10.6. The molecule has 15 heavy (non-hydrogen) atoms. The van der Waals surface area contributed by atoms with Crippen LogP contribution in [0.1, 0.15) is 30.2 Å². The Hall–Kier alpha value is -0.930. The van der Waals surface area contributed by atoms with Crippen molar-refractivity contribution in [2.24, 2.45) is 11.7 Å². The molecular formula is C12H18N2O. The molecule has 2 unspecified atom stereocenters. The molecule has 2 atom stereocenters. The van der Waals surface area contributed by atoms with Gasteiger partial charge in [-0.3, -0.25) is 4.98 Å². The minimum Gasteiger partial charge on any atom is -0.373 e. The van der Waals surface area contributed by atoms with Crippen LogP contribution in [0.4, 0.5) is 0 Å². The van der Waals surface area contributed by atoms with Crippen LogP contribution in [0, 0.1) is 12.8 Å². The Morgan fingerprint density at radius 2 is 2.40 bits per heavy atom. The number of nitrogens with two attached hydrogens (primary N) is 1. The number of hydrogen-bond donors (Lipinski definition) is 1. The van der Waals surface area contributed by atoms with E-state index in [4.69, 9.17) is 10.5 Å². The highest BCUT2D eigenvalue weighted by atomic mass is 16.5. The maximum absolute atomic E-state index is 5.79. The molecule has 1 fully saturated rings. The van der Waals surface area contributed by atoms with Crippen molar-refractivity contribution in [2.45, 2.75) is 25.9 Å². The molecule has 0 amide bonds. The van der Waals surface area contributed by atoms with E-state index in [0.717, 1.165) is 30.7 Å². The van der Waals surface area contributed by atoms with Crippen LogP contribution in [-0.4, -0.2) is 18.1 Å². The molecule has 1 aromatic heterocycles. The number of hydrogen-bond acceptors (Lipinski definition) is 3. The summed E-state index contributed by atoms with van der Waals surface area (Å²) in [6.45, 7) is 3.53. The van der Waals surface area contributed by atoms with Gasteiger partial charge in [-0.05, 0) is 37.9 Å². The average molecular weight is 206 g/mol. The van der Waals surface area contributed by atoms with Crippen LogP contribution in [0.15, 0.2) is 18.3 Å². The van der Waals surface area contributed by atoms with Gasteiger partial charge in [0.2, 0.25) is 0 Å². The van der Waals surface area contributed by atoms with Gasteiger partial charge in [0.1, 0.15) is 0 Å². The summed E-state index contributed by atoms with van der Waals surface area (Å²) in [5.74, 6) is 0.447. The Morgan fingerprint density at radius 3 is 3.07 bits per heavy atom. The summed E-state index contributed by atoms with van der Waals surface area (Å²) in [5, 5.41) is 0. The van der Waals surface area contributed by atoms with E-state index < -0.39 is 0 Å². The van der Waals surface area contributed by atoms with Gasteiger partial charge in [-0.25, -0.2) is 0 Å². The van der Waals surface area contributed by atoms with Gasteiger partial charge in [0, 0.05) is 24.4 Å². The Kier molecular flexibility index (Phi) is 3.34. The first-order chi connectivity index (χ1) is 7.31. The van der Waals surface area contributed by atoms with Crippen LogP contribution < -0.4 is 5.73 Å². The van der Waals surface area contributed by atoms with Crippen LogP contribution in [0.25, 0.3) is 0 Å². The van der Waals surface area contributed by atoms with E-state index in [1.807, 2.05) is 19.2 Å². The first-order valence-electron chi connectivity index (χ1n) is 5.55. The lowest BCUT2D eigenvalue weighted by Gasteiger charge is -2.31. The lowest BCUT2D eigenvalue weighted by atomic mass is 9.90. The predicted octanol–water partition coefficient (Wildman–Crippen LogP) is 1.82. The summed E-state index contributed by atoms with van der Waals surface area (Å²) in [5.41, 5.74) is 7.96. The van der Waals surface area contributed by atoms with Gasteiger partial charge in [-0.15, -0.1) is 0 Å². The zero-order chi connectivity index (χ0) is 10.7. The molecule has 82 valence electrons. The molecule has 3 nitrogen and oxygen atoms in total. The number of ether oxygens (including phenoxy) is 1. The molecule has 1 saturated heterocycles. The maximum Gasteiger partial charge on any atom is 0.0879 e. The van der Waals surface area contributed by atoms with Crippen molar-refractivity contribution in [3.8, 4) is 0 Å². The minimum absolute atomic E-state index is 0.150. The van der Waals surface area contributed by atoms with E-state index >= 15 is 0 Å². The minimum atomic E-state index is 0.150. The highest BCUT2D eigenvalue weighted by Crippen LogP contribution is 2.32. The lowest BCUT2D eigenvalue weighted by Crippen LogP contribution is -2.28. The second-order valence-corrected chi connectivity index (χ2v) is 4.16. The van der Waals surface area contributed by atoms with E-state index in [-0.39, 0.29) is 6.10 Å². The van der Waals surface area contributed by atoms with Crippen molar-refractivity contribution in [1.82, 2.24) is 4.98 Å². The van der Waals surface area contributed by atoms with E-state index in [2.05, 4.69) is 11.1 Å². The summed E-state index contributed by atoms with van der Waals surface area (Å²) in [6.07, 6.45) is 4.34. The summed E-state index contributed by atoms with van der Waals surface area (Å²) < 4.78 is 5.79. The Balaban J connectivity index is 2.16. The van der Waals surface area contributed by atoms with E-state index in [0.29, 0.717) is 12.5 Å². The molecule has 0 aliphatic carbocycles. The molecule has 0 bridgehead atoms. The van der Waals surface area contributed by atoms with Crippen molar-refractivity contribution in [1.29, 1.82) is 0 Å². The number of rotatable bonds is 2. The number of nitrogens with zero attached hydrogens (tertiary/aromatic N) is 1. The zero-order valence-corrected chi connectivity index (χ0v) is 9.15. The van der Waals surface area contributed by atoms with Gasteiger partial charge in [-0.1, -0.05) is 6.07 Å². The molecule has 1 aliphatic heterocycles. The van der Waals surface area contributed by atoms with E-state index in [9.17, 15) is 0 Å². The van der Waals surface area contributed by atoms with Crippen LogP contribution in [0.5, 0.6) is 0 Å². The lowest BCUT2D eigenvalue weighted by molar-refractivity contribution is -0.0253. The zero-order valence-electron chi connectivity index (χ0n) is 9.15. The number of pyridine rings is 1.